The van der Waals surface area contributed by atoms with Crippen LogP contribution < -0.4 is 0 Å². The van der Waals surface area contributed by atoms with Crippen molar-refractivity contribution in [3.05, 3.63) is 12.2 Å². The minimum Gasteiger partial charge on any atom is -0.154 e. The van der Waals surface area contributed by atoms with Gasteiger partial charge in [-0.25, -0.2) is 0 Å². The largest absolute Gasteiger partial charge is 0.154 e. The Hall–Kier alpha value is 0.0900. The van der Waals surface area contributed by atoms with Crippen molar-refractivity contribution in [3.63, 3.8) is 0 Å². The zero-order valence-electron chi connectivity index (χ0n) is 8.82. The predicted octanol–water partition coefficient (Wildman–Crippen LogP) is 3.87. The maximum atomic E-state index is 2.52. The van der Waals surface area contributed by atoms with E-state index in [1.54, 1.807) is 0 Å². The molecular weight excluding hydrogens is 188 g/mol. The number of allylic oxidation sites excluding steroid dienone is 1. The SMILES string of the molecule is C1=CC2CC3CCCCC3CC2SC1. The van der Waals surface area contributed by atoms with Crippen LogP contribution in [-0.2, 0) is 0 Å². The summed E-state index contributed by atoms with van der Waals surface area (Å²) >= 11 is 2.22. The molecule has 0 nitrogen and oxygen atoms in total. The molecule has 0 spiro atoms. The van der Waals surface area contributed by atoms with E-state index in [2.05, 4.69) is 23.9 Å². The van der Waals surface area contributed by atoms with Crippen LogP contribution in [0.25, 0.3) is 0 Å². The Bertz CT molecular complexity index is 233. The third-order valence-electron chi connectivity index (χ3n) is 4.44. The quantitative estimate of drug-likeness (QED) is 0.544. The van der Waals surface area contributed by atoms with E-state index in [0.717, 1.165) is 23.0 Å². The van der Waals surface area contributed by atoms with Gasteiger partial charge in [-0.15, -0.1) is 0 Å². The first-order chi connectivity index (χ1) is 6.93. The van der Waals surface area contributed by atoms with Crippen molar-refractivity contribution in [2.75, 3.05) is 5.75 Å². The van der Waals surface area contributed by atoms with Gasteiger partial charge >= 0.3 is 0 Å². The number of hydrogen-bond acceptors (Lipinski definition) is 1. The van der Waals surface area contributed by atoms with Crippen molar-refractivity contribution in [2.45, 2.75) is 43.8 Å². The fraction of sp³-hybridized carbons (Fsp3) is 0.846. The van der Waals surface area contributed by atoms with Gasteiger partial charge in [0.2, 0.25) is 0 Å². The van der Waals surface area contributed by atoms with Gasteiger partial charge in [0.15, 0.2) is 0 Å². The average molecular weight is 208 g/mol. The standard InChI is InChI=1S/C13H20S/c1-2-5-11-9-13-12(6-3-7-14-13)8-10(11)4-1/h3,6,10-13H,1-2,4-5,7-9H2. The van der Waals surface area contributed by atoms with Crippen LogP contribution in [0.5, 0.6) is 0 Å². The molecule has 0 aromatic rings. The van der Waals surface area contributed by atoms with E-state index < -0.39 is 0 Å². The summed E-state index contributed by atoms with van der Waals surface area (Å²) in [7, 11) is 0. The van der Waals surface area contributed by atoms with Gasteiger partial charge in [0.1, 0.15) is 0 Å². The molecule has 4 atom stereocenters. The molecule has 78 valence electrons. The molecule has 3 rings (SSSR count). The molecule has 0 aromatic heterocycles. The second-order valence-corrected chi connectivity index (χ2v) is 6.51. The summed E-state index contributed by atoms with van der Waals surface area (Å²) < 4.78 is 0. The van der Waals surface area contributed by atoms with Gasteiger partial charge in [0.25, 0.3) is 0 Å². The maximum Gasteiger partial charge on any atom is 0.0116 e. The summed E-state index contributed by atoms with van der Waals surface area (Å²) in [5.74, 6) is 4.41. The minimum absolute atomic E-state index is 0.938. The average Bonchev–Trinajstić information content (AvgIpc) is 2.26. The smallest absolute Gasteiger partial charge is 0.0116 e. The summed E-state index contributed by atoms with van der Waals surface area (Å²) in [6, 6.07) is 0. The van der Waals surface area contributed by atoms with Gasteiger partial charge in [0, 0.05) is 11.0 Å². The summed E-state index contributed by atoms with van der Waals surface area (Å²) in [6.45, 7) is 0. The molecule has 1 heterocycles. The molecule has 14 heavy (non-hydrogen) atoms. The van der Waals surface area contributed by atoms with Crippen LogP contribution in [0.3, 0.4) is 0 Å². The minimum atomic E-state index is 0.938. The van der Waals surface area contributed by atoms with Crippen LogP contribution in [-0.4, -0.2) is 11.0 Å². The Kier molecular flexibility index (Phi) is 2.61. The van der Waals surface area contributed by atoms with Crippen LogP contribution in [0.4, 0.5) is 0 Å². The number of thioether (sulfide) groups is 1. The molecule has 0 N–H and O–H groups in total. The maximum absolute atomic E-state index is 2.52. The predicted molar refractivity (Wildman–Crippen MR) is 63.6 cm³/mol. The second kappa shape index (κ2) is 3.92. The Labute approximate surface area is 91.5 Å². The van der Waals surface area contributed by atoms with Crippen molar-refractivity contribution >= 4 is 11.8 Å². The van der Waals surface area contributed by atoms with E-state index in [4.69, 9.17) is 0 Å². The summed E-state index contributed by atoms with van der Waals surface area (Å²) in [5, 5.41) is 0.986. The Morgan fingerprint density at radius 3 is 2.64 bits per heavy atom. The highest BCUT2D eigenvalue weighted by molar-refractivity contribution is 8.00. The van der Waals surface area contributed by atoms with Crippen LogP contribution in [0.2, 0.25) is 0 Å². The molecule has 2 aliphatic carbocycles. The fourth-order valence-electron chi connectivity index (χ4n) is 3.68. The van der Waals surface area contributed by atoms with E-state index in [9.17, 15) is 0 Å². The van der Waals surface area contributed by atoms with Crippen LogP contribution in [0.15, 0.2) is 12.2 Å². The van der Waals surface area contributed by atoms with E-state index in [1.165, 1.54) is 44.3 Å². The van der Waals surface area contributed by atoms with Gasteiger partial charge < -0.3 is 0 Å². The molecule has 1 aliphatic heterocycles. The Morgan fingerprint density at radius 2 is 1.79 bits per heavy atom. The lowest BCUT2D eigenvalue weighted by atomic mass is 9.67. The number of rotatable bonds is 0. The monoisotopic (exact) mass is 208 g/mol. The molecule has 0 amide bonds. The molecule has 0 saturated heterocycles. The Balaban J connectivity index is 1.73. The second-order valence-electron chi connectivity index (χ2n) is 5.24. The highest BCUT2D eigenvalue weighted by atomic mass is 32.2. The van der Waals surface area contributed by atoms with Gasteiger partial charge in [-0.05, 0) is 30.6 Å². The molecule has 4 unspecified atom stereocenters. The van der Waals surface area contributed by atoms with E-state index in [1.807, 2.05) is 0 Å². The van der Waals surface area contributed by atoms with Gasteiger partial charge in [-0.3, -0.25) is 0 Å². The van der Waals surface area contributed by atoms with E-state index in [-0.39, 0.29) is 0 Å². The number of fused-ring (bicyclic) bond motifs is 2. The normalized spacial score (nSPS) is 46.9. The first-order valence-electron chi connectivity index (χ1n) is 6.22. The van der Waals surface area contributed by atoms with Crippen molar-refractivity contribution in [3.8, 4) is 0 Å². The van der Waals surface area contributed by atoms with Gasteiger partial charge in [-0.2, -0.15) is 11.8 Å². The highest BCUT2D eigenvalue weighted by Gasteiger charge is 2.37. The zero-order chi connectivity index (χ0) is 9.38. The number of hydrogen-bond donors (Lipinski definition) is 0. The Morgan fingerprint density at radius 1 is 1.00 bits per heavy atom. The molecule has 2 fully saturated rings. The lowest BCUT2D eigenvalue weighted by Crippen LogP contribution is -2.35. The zero-order valence-corrected chi connectivity index (χ0v) is 9.64. The van der Waals surface area contributed by atoms with Crippen LogP contribution in [0, 0.1) is 17.8 Å². The van der Waals surface area contributed by atoms with Crippen molar-refractivity contribution < 1.29 is 0 Å². The summed E-state index contributed by atoms with van der Waals surface area (Å²) in [4.78, 5) is 0. The molecule has 1 heteroatoms. The van der Waals surface area contributed by atoms with Crippen molar-refractivity contribution in [1.82, 2.24) is 0 Å². The lowest BCUT2D eigenvalue weighted by Gasteiger charge is -2.43. The molecule has 0 bridgehead atoms. The van der Waals surface area contributed by atoms with E-state index >= 15 is 0 Å². The third kappa shape index (κ3) is 1.64. The topological polar surface area (TPSA) is 0 Å². The first-order valence-corrected chi connectivity index (χ1v) is 7.26. The van der Waals surface area contributed by atoms with Gasteiger partial charge in [0.05, 0.1) is 0 Å². The molecule has 2 saturated carbocycles. The van der Waals surface area contributed by atoms with Crippen molar-refractivity contribution in [2.24, 2.45) is 17.8 Å². The third-order valence-corrected chi connectivity index (χ3v) is 5.80. The highest BCUT2D eigenvalue weighted by Crippen LogP contribution is 2.47. The molecule has 0 aromatic carbocycles. The molecular formula is C13H20S. The van der Waals surface area contributed by atoms with E-state index in [0.29, 0.717) is 0 Å². The van der Waals surface area contributed by atoms with Crippen LogP contribution >= 0.6 is 11.8 Å². The first kappa shape index (κ1) is 9.33. The van der Waals surface area contributed by atoms with Crippen LogP contribution in [0.1, 0.15) is 38.5 Å². The lowest BCUT2D eigenvalue weighted by molar-refractivity contribution is 0.151. The summed E-state index contributed by atoms with van der Waals surface area (Å²) in [5.41, 5.74) is 0. The molecule has 0 radical (unpaired) electrons. The summed E-state index contributed by atoms with van der Waals surface area (Å²) in [6.07, 6.45) is 14.1. The van der Waals surface area contributed by atoms with Gasteiger partial charge in [-0.1, -0.05) is 37.8 Å². The van der Waals surface area contributed by atoms with Crippen molar-refractivity contribution in [1.29, 1.82) is 0 Å². The molecule has 3 aliphatic rings. The fourth-order valence-corrected chi connectivity index (χ4v) is 4.98.